The predicted molar refractivity (Wildman–Crippen MR) is 94.2 cm³/mol. The van der Waals surface area contributed by atoms with Gasteiger partial charge in [0, 0.05) is 30.3 Å². The van der Waals surface area contributed by atoms with Crippen molar-refractivity contribution in [3.8, 4) is 5.75 Å². The standard InChI is InChI=1S/C20H24N2O2/c1-3-13-12-22-9-7-14(13)10-19(22)20(23)16-6-8-21-18-5-4-15(24-2)11-17(16)18/h3-6,8,11,13-14,19-20,23H,1,7,9-10,12H2,2H3/p+1/t13-,14+,19-,20+/m0/s1. The first-order valence-electron chi connectivity index (χ1n) is 8.79. The summed E-state index contributed by atoms with van der Waals surface area (Å²) in [4.78, 5) is 5.95. The Morgan fingerprint density at radius 2 is 2.29 bits per heavy atom. The molecule has 3 aliphatic heterocycles. The molecule has 0 saturated carbocycles. The first-order valence-corrected chi connectivity index (χ1v) is 8.79. The van der Waals surface area contributed by atoms with Crippen molar-refractivity contribution in [1.29, 1.82) is 0 Å². The Morgan fingerprint density at radius 3 is 3.00 bits per heavy atom. The van der Waals surface area contributed by atoms with Gasteiger partial charge in [0.25, 0.3) is 0 Å². The smallest absolute Gasteiger partial charge is 0.131 e. The molecule has 1 unspecified atom stereocenters. The van der Waals surface area contributed by atoms with E-state index in [1.54, 1.807) is 13.3 Å². The van der Waals surface area contributed by atoms with Crippen molar-refractivity contribution in [3.63, 3.8) is 0 Å². The number of fused-ring (bicyclic) bond motifs is 4. The predicted octanol–water partition coefficient (Wildman–Crippen LogP) is 1.76. The molecule has 4 heterocycles. The van der Waals surface area contributed by atoms with E-state index >= 15 is 0 Å². The zero-order valence-corrected chi connectivity index (χ0v) is 14.1. The molecule has 2 bridgehead atoms. The molecule has 1 aromatic heterocycles. The van der Waals surface area contributed by atoms with Crippen LogP contribution in [0.3, 0.4) is 0 Å². The number of nitrogens with one attached hydrogen (secondary N) is 1. The van der Waals surface area contributed by atoms with Gasteiger partial charge in [0.1, 0.15) is 17.9 Å². The molecule has 2 aromatic rings. The maximum Gasteiger partial charge on any atom is 0.131 e. The molecule has 0 spiro atoms. The van der Waals surface area contributed by atoms with Crippen molar-refractivity contribution in [2.75, 3.05) is 20.2 Å². The van der Waals surface area contributed by atoms with Crippen LogP contribution in [0, 0.1) is 11.8 Å². The van der Waals surface area contributed by atoms with Gasteiger partial charge in [0.05, 0.1) is 25.7 Å². The van der Waals surface area contributed by atoms with Gasteiger partial charge in [-0.05, 0) is 35.7 Å². The van der Waals surface area contributed by atoms with Gasteiger partial charge in [-0.3, -0.25) is 4.98 Å². The van der Waals surface area contributed by atoms with Crippen LogP contribution in [0.15, 0.2) is 43.1 Å². The summed E-state index contributed by atoms with van der Waals surface area (Å²) in [5, 5.41) is 12.2. The number of benzene rings is 1. The number of pyridine rings is 1. The van der Waals surface area contributed by atoms with Crippen LogP contribution in [-0.4, -0.2) is 36.3 Å². The molecule has 0 amide bonds. The van der Waals surface area contributed by atoms with Crippen LogP contribution in [0.2, 0.25) is 0 Å². The van der Waals surface area contributed by atoms with Crippen LogP contribution < -0.4 is 9.64 Å². The Labute approximate surface area is 142 Å². The Hall–Kier alpha value is -1.91. The normalized spacial score (nSPS) is 30.2. The summed E-state index contributed by atoms with van der Waals surface area (Å²) >= 11 is 0. The molecule has 4 nitrogen and oxygen atoms in total. The average molecular weight is 325 g/mol. The second-order valence-corrected chi connectivity index (χ2v) is 7.13. The van der Waals surface area contributed by atoms with Gasteiger partial charge in [0.15, 0.2) is 0 Å². The van der Waals surface area contributed by atoms with Gasteiger partial charge in [-0.25, -0.2) is 0 Å². The Balaban J connectivity index is 1.69. The summed E-state index contributed by atoms with van der Waals surface area (Å²) in [5.41, 5.74) is 1.88. The van der Waals surface area contributed by atoms with E-state index in [1.807, 2.05) is 24.3 Å². The summed E-state index contributed by atoms with van der Waals surface area (Å²) in [5.74, 6) is 2.07. The molecule has 0 radical (unpaired) electrons. The SMILES string of the molecule is C=C[C@H]1C[NH+]2CC[C@@H]1C[C@H]2[C@H](O)c1ccnc2ccc(OC)cc12. The minimum atomic E-state index is -0.467. The summed E-state index contributed by atoms with van der Waals surface area (Å²) in [6.45, 7) is 6.25. The zero-order valence-electron chi connectivity index (χ0n) is 14.1. The lowest BCUT2D eigenvalue weighted by Gasteiger charge is -2.47. The molecule has 0 aliphatic carbocycles. The second kappa shape index (κ2) is 6.19. The van der Waals surface area contributed by atoms with Crippen LogP contribution in [0.25, 0.3) is 10.9 Å². The number of aliphatic hydroxyl groups excluding tert-OH is 1. The molecular weight excluding hydrogens is 300 g/mol. The lowest BCUT2D eigenvalue weighted by Crippen LogP contribution is -3.20. The van der Waals surface area contributed by atoms with Gasteiger partial charge in [0.2, 0.25) is 0 Å². The van der Waals surface area contributed by atoms with Crippen LogP contribution >= 0.6 is 0 Å². The van der Waals surface area contributed by atoms with Crippen molar-refractivity contribution in [1.82, 2.24) is 4.98 Å². The molecule has 3 aliphatic rings. The lowest BCUT2D eigenvalue weighted by molar-refractivity contribution is -0.949. The maximum absolute atomic E-state index is 11.2. The van der Waals surface area contributed by atoms with E-state index in [-0.39, 0.29) is 6.04 Å². The third-order valence-corrected chi connectivity index (χ3v) is 6.01. The number of aromatic nitrogens is 1. The van der Waals surface area contributed by atoms with Gasteiger partial charge < -0.3 is 14.7 Å². The summed E-state index contributed by atoms with van der Waals surface area (Å²) in [6, 6.07) is 8.08. The van der Waals surface area contributed by atoms with E-state index in [4.69, 9.17) is 4.74 Å². The molecule has 5 rings (SSSR count). The van der Waals surface area contributed by atoms with E-state index in [2.05, 4.69) is 17.6 Å². The fraction of sp³-hybridized carbons (Fsp3) is 0.450. The average Bonchev–Trinajstić information content (AvgIpc) is 2.66. The highest BCUT2D eigenvalue weighted by atomic mass is 16.5. The quantitative estimate of drug-likeness (QED) is 0.842. The van der Waals surface area contributed by atoms with E-state index in [0.717, 1.165) is 41.7 Å². The van der Waals surface area contributed by atoms with Crippen molar-refractivity contribution >= 4 is 10.9 Å². The highest BCUT2D eigenvalue weighted by Gasteiger charge is 2.45. The largest absolute Gasteiger partial charge is 0.497 e. The molecule has 24 heavy (non-hydrogen) atoms. The molecule has 1 aromatic carbocycles. The summed E-state index contributed by atoms with van der Waals surface area (Å²) in [7, 11) is 1.67. The minimum absolute atomic E-state index is 0.261. The van der Waals surface area contributed by atoms with Crippen molar-refractivity contribution in [2.24, 2.45) is 11.8 Å². The second-order valence-electron chi connectivity index (χ2n) is 7.13. The van der Waals surface area contributed by atoms with Crippen molar-refractivity contribution in [3.05, 3.63) is 48.7 Å². The number of methoxy groups -OCH3 is 1. The van der Waals surface area contributed by atoms with Crippen LogP contribution in [0.4, 0.5) is 0 Å². The topological polar surface area (TPSA) is 46.8 Å². The third-order valence-electron chi connectivity index (χ3n) is 6.01. The number of aliphatic hydroxyl groups is 1. The zero-order chi connectivity index (χ0) is 16.7. The molecule has 2 N–H and O–H groups in total. The number of hydrogen-bond donors (Lipinski definition) is 2. The van der Waals surface area contributed by atoms with Crippen molar-refractivity contribution < 1.29 is 14.7 Å². The number of hydrogen-bond acceptors (Lipinski definition) is 3. The Morgan fingerprint density at radius 1 is 1.42 bits per heavy atom. The summed E-state index contributed by atoms with van der Waals surface area (Å²) < 4.78 is 5.35. The highest BCUT2D eigenvalue weighted by molar-refractivity contribution is 5.83. The number of nitrogens with zero attached hydrogens (tertiary/aromatic N) is 1. The van der Waals surface area contributed by atoms with Gasteiger partial charge in [-0.15, -0.1) is 6.58 Å². The molecular formula is C20H25N2O2+. The van der Waals surface area contributed by atoms with E-state index < -0.39 is 6.10 Å². The summed E-state index contributed by atoms with van der Waals surface area (Å²) in [6.07, 6.45) is 5.76. The number of quaternary nitrogens is 1. The van der Waals surface area contributed by atoms with E-state index in [1.165, 1.54) is 11.3 Å². The first-order chi connectivity index (χ1) is 11.7. The van der Waals surface area contributed by atoms with Crippen LogP contribution in [0.1, 0.15) is 24.5 Å². The third kappa shape index (κ3) is 2.50. The van der Waals surface area contributed by atoms with Gasteiger partial charge in [-0.2, -0.15) is 0 Å². The number of rotatable bonds is 4. The monoisotopic (exact) mass is 325 g/mol. The fourth-order valence-electron chi connectivity index (χ4n) is 4.65. The van der Waals surface area contributed by atoms with Gasteiger partial charge in [-0.1, -0.05) is 6.08 Å². The highest BCUT2D eigenvalue weighted by Crippen LogP contribution is 2.34. The molecule has 3 saturated heterocycles. The maximum atomic E-state index is 11.2. The van der Waals surface area contributed by atoms with Gasteiger partial charge >= 0.3 is 0 Å². The van der Waals surface area contributed by atoms with E-state index in [9.17, 15) is 5.11 Å². The number of piperidine rings is 3. The van der Waals surface area contributed by atoms with E-state index in [0.29, 0.717) is 11.8 Å². The Kier molecular flexibility index (Phi) is 4.02. The molecule has 126 valence electrons. The first kappa shape index (κ1) is 15.6. The molecule has 3 fully saturated rings. The van der Waals surface area contributed by atoms with Crippen LogP contribution in [-0.2, 0) is 0 Å². The van der Waals surface area contributed by atoms with Crippen LogP contribution in [0.5, 0.6) is 5.75 Å². The molecule has 5 atom stereocenters. The Bertz CT molecular complexity index is 760. The number of ether oxygens (including phenoxy) is 1. The van der Waals surface area contributed by atoms with Crippen molar-refractivity contribution in [2.45, 2.75) is 25.0 Å². The minimum Gasteiger partial charge on any atom is -0.497 e. The fourth-order valence-corrected chi connectivity index (χ4v) is 4.65. The molecule has 4 heteroatoms. The lowest BCUT2D eigenvalue weighted by atomic mass is 9.73.